The second-order valence-electron chi connectivity index (χ2n) is 5.07. The summed E-state index contributed by atoms with van der Waals surface area (Å²) >= 11 is 3.31. The molecule has 1 heterocycles. The number of imide groups is 1. The Hall–Kier alpha value is -1.24. The Morgan fingerprint density at radius 1 is 1.43 bits per heavy atom. The van der Waals surface area contributed by atoms with E-state index in [4.69, 9.17) is 0 Å². The number of nitrogens with one attached hydrogen (secondary N) is 2. The van der Waals surface area contributed by atoms with Crippen molar-refractivity contribution in [3.8, 4) is 0 Å². The molecule has 2 N–H and O–H groups in total. The van der Waals surface area contributed by atoms with Crippen LogP contribution in [0.5, 0.6) is 0 Å². The summed E-state index contributed by atoms with van der Waals surface area (Å²) in [5.74, 6) is -0.627. The van der Waals surface area contributed by atoms with Crippen LogP contribution in [0.2, 0.25) is 0 Å². The van der Waals surface area contributed by atoms with Crippen molar-refractivity contribution in [2.24, 2.45) is 0 Å². The topological polar surface area (TPSA) is 61.4 Å². The van der Waals surface area contributed by atoms with Gasteiger partial charge >= 0.3 is 0 Å². The average Bonchev–Trinajstić information content (AvgIpc) is 2.99. The predicted molar refractivity (Wildman–Crippen MR) is 85.1 cm³/mol. The Labute approximate surface area is 133 Å². The molecule has 21 heavy (non-hydrogen) atoms. The van der Waals surface area contributed by atoms with Gasteiger partial charge in [0.05, 0.1) is 12.1 Å². The smallest absolute Gasteiger partial charge is 0.259 e. The quantitative estimate of drug-likeness (QED) is 0.839. The molecular weight excluding hydrogens is 334 g/mol. The van der Waals surface area contributed by atoms with Crippen molar-refractivity contribution in [3.05, 3.63) is 34.3 Å². The zero-order valence-corrected chi connectivity index (χ0v) is 13.6. The van der Waals surface area contributed by atoms with Crippen LogP contribution in [0.3, 0.4) is 0 Å². The first-order valence-corrected chi connectivity index (χ1v) is 7.94. The number of likely N-dealkylation sites (N-methyl/N-ethyl adjacent to an activating group) is 1. The van der Waals surface area contributed by atoms with Crippen LogP contribution in [0.15, 0.2) is 28.7 Å². The fourth-order valence-electron chi connectivity index (χ4n) is 2.51. The van der Waals surface area contributed by atoms with Gasteiger partial charge in [-0.2, -0.15) is 0 Å². The summed E-state index contributed by atoms with van der Waals surface area (Å²) in [6, 6.07) is 7.44. The molecule has 1 unspecified atom stereocenters. The van der Waals surface area contributed by atoms with Crippen molar-refractivity contribution < 1.29 is 9.59 Å². The Balaban J connectivity index is 1.91. The minimum Gasteiger partial charge on any atom is -0.315 e. The fourth-order valence-corrected chi connectivity index (χ4v) is 2.98. The standard InChI is InChI=1S/C15H20BrN3O2/c1-2-19(11-7-8-17-9-11)10-14(20)18-15(21)12-5-3-4-6-13(12)16/h3-6,11,17H,2,7-10H2,1H3,(H,18,20,21). The molecule has 1 saturated heterocycles. The molecule has 1 atom stereocenters. The minimum absolute atomic E-state index is 0.249. The maximum atomic E-state index is 12.1. The van der Waals surface area contributed by atoms with Gasteiger partial charge in [-0.1, -0.05) is 19.1 Å². The third kappa shape index (κ3) is 4.36. The minimum atomic E-state index is -0.368. The lowest BCUT2D eigenvalue weighted by Gasteiger charge is -2.25. The molecule has 2 rings (SSSR count). The first kappa shape index (κ1) is 16.1. The summed E-state index contributed by atoms with van der Waals surface area (Å²) in [5.41, 5.74) is 0.469. The van der Waals surface area contributed by atoms with E-state index in [2.05, 4.69) is 31.5 Å². The van der Waals surface area contributed by atoms with Gasteiger partial charge in [-0.3, -0.25) is 19.8 Å². The molecule has 5 nitrogen and oxygen atoms in total. The Morgan fingerprint density at radius 2 is 2.19 bits per heavy atom. The number of benzene rings is 1. The monoisotopic (exact) mass is 353 g/mol. The summed E-state index contributed by atoms with van der Waals surface area (Å²) in [4.78, 5) is 26.2. The van der Waals surface area contributed by atoms with Crippen molar-refractivity contribution in [1.29, 1.82) is 0 Å². The summed E-state index contributed by atoms with van der Waals surface area (Å²) in [6.07, 6.45) is 1.04. The number of hydrogen-bond acceptors (Lipinski definition) is 4. The van der Waals surface area contributed by atoms with E-state index in [1.807, 2.05) is 13.0 Å². The van der Waals surface area contributed by atoms with E-state index in [1.165, 1.54) is 0 Å². The third-order valence-electron chi connectivity index (χ3n) is 3.68. The molecule has 0 aliphatic carbocycles. The summed E-state index contributed by atoms with van der Waals surface area (Å²) < 4.78 is 0.683. The molecule has 0 spiro atoms. The molecule has 0 radical (unpaired) electrons. The number of carbonyl (C=O) groups excluding carboxylic acids is 2. The van der Waals surface area contributed by atoms with Gasteiger partial charge in [0.1, 0.15) is 0 Å². The first-order chi connectivity index (χ1) is 10.1. The highest BCUT2D eigenvalue weighted by Gasteiger charge is 2.23. The molecule has 0 saturated carbocycles. The molecule has 2 amide bonds. The lowest BCUT2D eigenvalue weighted by atomic mass is 10.2. The molecule has 1 aromatic carbocycles. The van der Waals surface area contributed by atoms with Crippen LogP contribution in [-0.4, -0.2) is 48.9 Å². The molecule has 0 aromatic heterocycles. The number of nitrogens with zero attached hydrogens (tertiary/aromatic N) is 1. The van der Waals surface area contributed by atoms with Crippen LogP contribution in [0, 0.1) is 0 Å². The first-order valence-electron chi connectivity index (χ1n) is 7.15. The second kappa shape index (κ2) is 7.68. The van der Waals surface area contributed by atoms with Crippen molar-refractivity contribution >= 4 is 27.7 Å². The lowest BCUT2D eigenvalue weighted by molar-refractivity contribution is -0.121. The lowest BCUT2D eigenvalue weighted by Crippen LogP contribution is -2.45. The van der Waals surface area contributed by atoms with Gasteiger partial charge in [0, 0.05) is 17.1 Å². The van der Waals surface area contributed by atoms with Crippen LogP contribution in [0.1, 0.15) is 23.7 Å². The maximum Gasteiger partial charge on any atom is 0.259 e. The Morgan fingerprint density at radius 3 is 2.81 bits per heavy atom. The molecule has 114 valence electrons. The number of amides is 2. The molecule has 1 fully saturated rings. The summed E-state index contributed by atoms with van der Waals surface area (Å²) in [5, 5.41) is 5.74. The maximum absolute atomic E-state index is 12.1. The van der Waals surface area contributed by atoms with Gasteiger partial charge < -0.3 is 5.32 Å². The molecule has 1 aliphatic rings. The predicted octanol–water partition coefficient (Wildman–Crippen LogP) is 1.39. The fraction of sp³-hybridized carbons (Fsp3) is 0.467. The van der Waals surface area contributed by atoms with Crippen LogP contribution < -0.4 is 10.6 Å². The van der Waals surface area contributed by atoms with E-state index in [1.54, 1.807) is 18.2 Å². The summed E-state index contributed by atoms with van der Waals surface area (Å²) in [6.45, 7) is 4.96. The van der Waals surface area contributed by atoms with Gasteiger partial charge in [0.15, 0.2) is 0 Å². The van der Waals surface area contributed by atoms with Crippen LogP contribution in [0.4, 0.5) is 0 Å². The van der Waals surface area contributed by atoms with Crippen molar-refractivity contribution in [3.63, 3.8) is 0 Å². The number of hydrogen-bond donors (Lipinski definition) is 2. The number of rotatable bonds is 5. The zero-order valence-electron chi connectivity index (χ0n) is 12.1. The number of halogens is 1. The zero-order chi connectivity index (χ0) is 15.2. The van der Waals surface area contributed by atoms with Gasteiger partial charge in [-0.15, -0.1) is 0 Å². The van der Waals surface area contributed by atoms with Gasteiger partial charge in [-0.25, -0.2) is 0 Å². The molecule has 1 aliphatic heterocycles. The van der Waals surface area contributed by atoms with E-state index in [0.29, 0.717) is 16.1 Å². The molecule has 6 heteroatoms. The van der Waals surface area contributed by atoms with E-state index in [9.17, 15) is 9.59 Å². The molecule has 1 aromatic rings. The van der Waals surface area contributed by atoms with Crippen LogP contribution in [-0.2, 0) is 4.79 Å². The summed E-state index contributed by atoms with van der Waals surface area (Å²) in [7, 11) is 0. The van der Waals surface area contributed by atoms with Crippen molar-refractivity contribution in [1.82, 2.24) is 15.5 Å². The van der Waals surface area contributed by atoms with Crippen molar-refractivity contribution in [2.75, 3.05) is 26.2 Å². The van der Waals surface area contributed by atoms with Crippen LogP contribution in [0.25, 0.3) is 0 Å². The highest BCUT2D eigenvalue weighted by Crippen LogP contribution is 2.15. The van der Waals surface area contributed by atoms with Gasteiger partial charge in [0.25, 0.3) is 5.91 Å². The molecule has 0 bridgehead atoms. The number of carbonyl (C=O) groups is 2. The largest absolute Gasteiger partial charge is 0.315 e. The van der Waals surface area contributed by atoms with Crippen LogP contribution >= 0.6 is 15.9 Å². The Kier molecular flexibility index (Phi) is 5.90. The normalized spacial score (nSPS) is 18.0. The van der Waals surface area contributed by atoms with E-state index < -0.39 is 0 Å². The van der Waals surface area contributed by atoms with Crippen molar-refractivity contribution in [2.45, 2.75) is 19.4 Å². The molecular formula is C15H20BrN3O2. The van der Waals surface area contributed by atoms with Gasteiger partial charge in [0.2, 0.25) is 5.91 Å². The highest BCUT2D eigenvalue weighted by atomic mass is 79.9. The third-order valence-corrected chi connectivity index (χ3v) is 4.37. The van der Waals surface area contributed by atoms with Gasteiger partial charge in [-0.05, 0) is 47.6 Å². The average molecular weight is 354 g/mol. The SMILES string of the molecule is CCN(CC(=O)NC(=O)c1ccccc1Br)C1CCNC1. The highest BCUT2D eigenvalue weighted by molar-refractivity contribution is 9.10. The van der Waals surface area contributed by atoms with E-state index in [-0.39, 0.29) is 18.4 Å². The van der Waals surface area contributed by atoms with E-state index >= 15 is 0 Å². The van der Waals surface area contributed by atoms with E-state index in [0.717, 1.165) is 26.1 Å². The second-order valence-corrected chi connectivity index (χ2v) is 5.92. The Bertz CT molecular complexity index is 515.